The van der Waals surface area contributed by atoms with Crippen molar-refractivity contribution in [2.75, 3.05) is 0 Å². The molecule has 124 valence electrons. The van der Waals surface area contributed by atoms with E-state index in [0.29, 0.717) is 5.56 Å². The van der Waals surface area contributed by atoms with Gasteiger partial charge in [-0.25, -0.2) is 9.13 Å². The van der Waals surface area contributed by atoms with E-state index in [-0.39, 0.29) is 0 Å². The van der Waals surface area contributed by atoms with Crippen molar-refractivity contribution in [3.63, 3.8) is 0 Å². The van der Waals surface area contributed by atoms with E-state index < -0.39 is 7.25 Å². The van der Waals surface area contributed by atoms with Crippen LogP contribution in [0, 0.1) is 0 Å². The first-order valence-corrected chi connectivity index (χ1v) is 6.94. The van der Waals surface area contributed by atoms with Gasteiger partial charge in [-0.2, -0.15) is 0 Å². The van der Waals surface area contributed by atoms with E-state index >= 15 is 0 Å². The number of carbonyl (C=O) groups is 1. The summed E-state index contributed by atoms with van der Waals surface area (Å²) in [7, 11) is -6.00. The quantitative estimate of drug-likeness (QED) is 0.309. The summed E-state index contributed by atoms with van der Waals surface area (Å²) in [6.45, 7) is 0. The molecule has 1 heterocycles. The fraction of sp³-hybridized carbons (Fsp3) is 0. The predicted molar refractivity (Wildman–Crippen MR) is 82.9 cm³/mol. The van der Waals surface area contributed by atoms with E-state index in [1.54, 1.807) is 0 Å². The molecule has 0 unspecified atom stereocenters. The summed E-state index contributed by atoms with van der Waals surface area (Å²) in [5.41, 5.74) is 2.83. The monoisotopic (exact) mass is 336 g/mol. The second-order valence-electron chi connectivity index (χ2n) is 4.77. The van der Waals surface area contributed by atoms with E-state index in [9.17, 15) is 22.1 Å². The van der Waals surface area contributed by atoms with Crippen molar-refractivity contribution < 1.29 is 26.6 Å². The number of hydrogen-bond acceptors (Lipinski definition) is 1. The Morgan fingerprint density at radius 2 is 1.50 bits per heavy atom. The van der Waals surface area contributed by atoms with Crippen LogP contribution in [0.25, 0.3) is 11.4 Å². The Bertz CT molecular complexity index is 780. The first-order chi connectivity index (χ1) is 11.4. The zero-order valence-electron chi connectivity index (χ0n) is 12.4. The average Bonchev–Trinajstić information content (AvgIpc) is 3.04. The van der Waals surface area contributed by atoms with Gasteiger partial charge in [0.1, 0.15) is 30.1 Å². The van der Waals surface area contributed by atoms with Gasteiger partial charge in [0, 0.05) is 5.56 Å². The van der Waals surface area contributed by atoms with Crippen molar-refractivity contribution in [3.8, 4) is 11.4 Å². The van der Waals surface area contributed by atoms with Gasteiger partial charge in [0.25, 0.3) is 6.33 Å². The molecule has 0 fully saturated rings. The highest BCUT2D eigenvalue weighted by atomic mass is 19.5. The molecule has 0 N–H and O–H groups in total. The fourth-order valence-corrected chi connectivity index (χ4v) is 1.99. The van der Waals surface area contributed by atoms with Crippen molar-refractivity contribution >= 4 is 13.5 Å². The Kier molecular flexibility index (Phi) is 5.52. The van der Waals surface area contributed by atoms with Crippen LogP contribution in [0.15, 0.2) is 73.3 Å². The molecule has 0 radical (unpaired) electrons. The Labute approximate surface area is 135 Å². The number of halogens is 4. The van der Waals surface area contributed by atoms with Gasteiger partial charge in [-0.3, -0.25) is 4.79 Å². The lowest BCUT2D eigenvalue weighted by atomic mass is 10.2. The second kappa shape index (κ2) is 7.58. The fourth-order valence-electron chi connectivity index (χ4n) is 1.99. The standard InChI is InChI=1S/C16H13N2O.BF4/c19-12-14-6-8-16(9-7-14)18-11-10-17(13-18)15-4-2-1-3-5-15;2-1(3,4)5/h1-13H;/q+1;-1. The topological polar surface area (TPSA) is 25.9 Å². The van der Waals surface area contributed by atoms with Crippen molar-refractivity contribution in [1.82, 2.24) is 4.57 Å². The molecule has 3 aromatic rings. The van der Waals surface area contributed by atoms with Crippen molar-refractivity contribution in [2.24, 2.45) is 0 Å². The third-order valence-corrected chi connectivity index (χ3v) is 3.02. The molecule has 0 saturated heterocycles. The third-order valence-electron chi connectivity index (χ3n) is 3.02. The number of hydrogen-bond donors (Lipinski definition) is 0. The summed E-state index contributed by atoms with van der Waals surface area (Å²) in [5, 5.41) is 0. The van der Waals surface area contributed by atoms with Crippen LogP contribution < -0.4 is 4.57 Å². The highest BCUT2D eigenvalue weighted by molar-refractivity contribution is 6.50. The largest absolute Gasteiger partial charge is 0.673 e. The summed E-state index contributed by atoms with van der Waals surface area (Å²) in [6.07, 6.45) is 6.85. The summed E-state index contributed by atoms with van der Waals surface area (Å²) < 4.78 is 43.1. The summed E-state index contributed by atoms with van der Waals surface area (Å²) in [4.78, 5) is 10.6. The molecule has 0 aliphatic rings. The van der Waals surface area contributed by atoms with Crippen LogP contribution in [0.3, 0.4) is 0 Å². The lowest BCUT2D eigenvalue weighted by Gasteiger charge is -1.96. The van der Waals surface area contributed by atoms with Gasteiger partial charge in [-0.05, 0) is 36.4 Å². The molecular weight excluding hydrogens is 323 g/mol. The highest BCUT2D eigenvalue weighted by Crippen LogP contribution is 2.07. The molecule has 1 aromatic heterocycles. The van der Waals surface area contributed by atoms with Crippen molar-refractivity contribution in [3.05, 3.63) is 78.9 Å². The Morgan fingerprint density at radius 3 is 2.04 bits per heavy atom. The number of carbonyl (C=O) groups excluding carboxylic acids is 1. The van der Waals surface area contributed by atoms with Gasteiger partial charge in [-0.1, -0.05) is 18.2 Å². The molecule has 0 saturated carbocycles. The molecule has 3 rings (SSSR count). The van der Waals surface area contributed by atoms with Crippen LogP contribution in [0.2, 0.25) is 0 Å². The number of rotatable bonds is 3. The maximum absolute atomic E-state index is 10.6. The smallest absolute Gasteiger partial charge is 0.418 e. The van der Waals surface area contributed by atoms with Crippen LogP contribution in [0.5, 0.6) is 0 Å². The van der Waals surface area contributed by atoms with Crippen molar-refractivity contribution in [1.29, 1.82) is 0 Å². The van der Waals surface area contributed by atoms with E-state index in [4.69, 9.17) is 0 Å². The molecular formula is C16H13BF4N2O. The van der Waals surface area contributed by atoms with Gasteiger partial charge in [0.15, 0.2) is 0 Å². The molecule has 3 nitrogen and oxygen atoms in total. The number of aromatic nitrogens is 2. The number of aldehydes is 1. The summed E-state index contributed by atoms with van der Waals surface area (Å²) in [6, 6.07) is 17.6. The van der Waals surface area contributed by atoms with Gasteiger partial charge in [0.05, 0.1) is 0 Å². The molecule has 0 bridgehead atoms. The molecule has 0 spiro atoms. The minimum atomic E-state index is -6.00. The molecule has 0 aliphatic carbocycles. The van der Waals surface area contributed by atoms with E-state index in [1.807, 2.05) is 70.3 Å². The lowest BCUT2D eigenvalue weighted by molar-refractivity contribution is -0.594. The van der Waals surface area contributed by atoms with Gasteiger partial charge in [-0.15, -0.1) is 0 Å². The van der Waals surface area contributed by atoms with Crippen LogP contribution in [-0.2, 0) is 0 Å². The maximum Gasteiger partial charge on any atom is 0.673 e. The maximum atomic E-state index is 10.6. The Balaban J connectivity index is 0.000000368. The summed E-state index contributed by atoms with van der Waals surface area (Å²) in [5.74, 6) is 0. The number of para-hydroxylation sites is 1. The SMILES string of the molecule is F[B-](F)(F)F.O=Cc1ccc(-[n+]2ccn(-c3ccccc3)c2)cc1. The molecule has 2 aromatic carbocycles. The summed E-state index contributed by atoms with van der Waals surface area (Å²) >= 11 is 0. The second-order valence-corrected chi connectivity index (χ2v) is 4.77. The lowest BCUT2D eigenvalue weighted by Crippen LogP contribution is -2.27. The molecule has 24 heavy (non-hydrogen) atoms. The first kappa shape index (κ1) is 17.5. The predicted octanol–water partition coefficient (Wildman–Crippen LogP) is 3.87. The molecule has 0 amide bonds. The number of imidazole rings is 1. The molecule has 0 atom stereocenters. The normalized spacial score (nSPS) is 10.7. The number of benzene rings is 2. The zero-order valence-corrected chi connectivity index (χ0v) is 12.4. The van der Waals surface area contributed by atoms with E-state index in [0.717, 1.165) is 17.7 Å². The van der Waals surface area contributed by atoms with Crippen LogP contribution in [-0.4, -0.2) is 18.1 Å². The van der Waals surface area contributed by atoms with Crippen LogP contribution in [0.4, 0.5) is 17.3 Å². The van der Waals surface area contributed by atoms with Crippen molar-refractivity contribution in [2.45, 2.75) is 0 Å². The minimum absolute atomic E-state index is 0.687. The van der Waals surface area contributed by atoms with E-state index in [1.165, 1.54) is 0 Å². The highest BCUT2D eigenvalue weighted by Gasteiger charge is 2.20. The third kappa shape index (κ3) is 5.38. The zero-order chi connectivity index (χ0) is 17.6. The number of nitrogens with zero attached hydrogens (tertiary/aromatic N) is 2. The Morgan fingerprint density at radius 1 is 0.917 bits per heavy atom. The molecule has 0 aliphatic heterocycles. The van der Waals surface area contributed by atoms with Crippen LogP contribution in [0.1, 0.15) is 10.4 Å². The first-order valence-electron chi connectivity index (χ1n) is 6.94. The van der Waals surface area contributed by atoms with Gasteiger partial charge in [0.2, 0.25) is 0 Å². The van der Waals surface area contributed by atoms with E-state index in [2.05, 4.69) is 12.1 Å². The van der Waals surface area contributed by atoms with Gasteiger partial charge < -0.3 is 17.3 Å². The van der Waals surface area contributed by atoms with Crippen LogP contribution >= 0.6 is 0 Å². The minimum Gasteiger partial charge on any atom is -0.418 e. The van der Waals surface area contributed by atoms with Gasteiger partial charge >= 0.3 is 7.25 Å². The Hall–Kier alpha value is -2.90. The molecule has 8 heteroatoms. The average molecular weight is 336 g/mol.